The SMILES string of the molecule is COc1ccc(CSc2nnc(C(C)(C)C)n2N)cc1Br. The van der Waals surface area contributed by atoms with Crippen molar-refractivity contribution in [2.45, 2.75) is 37.1 Å². The molecule has 0 unspecified atom stereocenters. The van der Waals surface area contributed by atoms with Gasteiger partial charge in [0, 0.05) is 11.2 Å². The minimum atomic E-state index is -0.121. The zero-order valence-electron chi connectivity index (χ0n) is 12.6. The molecule has 0 atom stereocenters. The van der Waals surface area contributed by atoms with Crippen LogP contribution in [0, 0.1) is 0 Å². The van der Waals surface area contributed by atoms with Crippen molar-refractivity contribution in [3.8, 4) is 5.75 Å². The smallest absolute Gasteiger partial charge is 0.210 e. The Morgan fingerprint density at radius 2 is 2.05 bits per heavy atom. The Morgan fingerprint density at radius 1 is 1.33 bits per heavy atom. The molecule has 0 saturated heterocycles. The van der Waals surface area contributed by atoms with Crippen LogP contribution in [-0.2, 0) is 11.2 Å². The van der Waals surface area contributed by atoms with Gasteiger partial charge in [-0.05, 0) is 33.6 Å². The number of nitrogens with two attached hydrogens (primary N) is 1. The van der Waals surface area contributed by atoms with Crippen LogP contribution in [0.25, 0.3) is 0 Å². The molecule has 0 aliphatic heterocycles. The number of nitrogen functional groups attached to an aromatic ring is 1. The van der Waals surface area contributed by atoms with Gasteiger partial charge in [-0.2, -0.15) is 0 Å². The summed E-state index contributed by atoms with van der Waals surface area (Å²) < 4.78 is 7.73. The summed E-state index contributed by atoms with van der Waals surface area (Å²) in [7, 11) is 1.65. The van der Waals surface area contributed by atoms with Crippen LogP contribution in [0.5, 0.6) is 5.75 Å². The molecule has 1 aromatic carbocycles. The number of halogens is 1. The lowest BCUT2D eigenvalue weighted by atomic mass is 9.96. The van der Waals surface area contributed by atoms with Crippen molar-refractivity contribution < 1.29 is 4.74 Å². The van der Waals surface area contributed by atoms with Gasteiger partial charge in [-0.25, -0.2) is 4.68 Å². The van der Waals surface area contributed by atoms with Crippen LogP contribution in [0.3, 0.4) is 0 Å². The van der Waals surface area contributed by atoms with Crippen molar-refractivity contribution in [2.75, 3.05) is 13.0 Å². The molecule has 0 amide bonds. The van der Waals surface area contributed by atoms with E-state index in [-0.39, 0.29) is 5.41 Å². The van der Waals surface area contributed by atoms with Crippen LogP contribution < -0.4 is 10.6 Å². The number of nitrogens with zero attached hydrogens (tertiary/aromatic N) is 3. The van der Waals surface area contributed by atoms with E-state index in [4.69, 9.17) is 10.6 Å². The molecule has 0 radical (unpaired) electrons. The predicted molar refractivity (Wildman–Crippen MR) is 89.1 cm³/mol. The summed E-state index contributed by atoms with van der Waals surface area (Å²) in [4.78, 5) is 0. The molecule has 0 spiro atoms. The Morgan fingerprint density at radius 3 is 2.57 bits per heavy atom. The standard InChI is InChI=1S/C14H19BrN4OS/c1-14(2,3)12-17-18-13(19(12)16)21-8-9-5-6-11(20-4)10(15)7-9/h5-7H,8,16H2,1-4H3. The molecule has 1 heterocycles. The van der Waals surface area contributed by atoms with E-state index < -0.39 is 0 Å². The number of ether oxygens (including phenoxy) is 1. The highest BCUT2D eigenvalue weighted by atomic mass is 79.9. The summed E-state index contributed by atoms with van der Waals surface area (Å²) >= 11 is 5.05. The number of hydrogen-bond donors (Lipinski definition) is 1. The van der Waals surface area contributed by atoms with Gasteiger partial charge in [0.25, 0.3) is 0 Å². The van der Waals surface area contributed by atoms with Crippen molar-refractivity contribution in [3.05, 3.63) is 34.1 Å². The Balaban J connectivity index is 2.10. The second-order valence-electron chi connectivity index (χ2n) is 5.68. The summed E-state index contributed by atoms with van der Waals surface area (Å²) in [5.74, 6) is 8.44. The zero-order valence-corrected chi connectivity index (χ0v) is 15.0. The molecule has 0 fully saturated rings. The van der Waals surface area contributed by atoms with Crippen molar-refractivity contribution in [1.82, 2.24) is 14.9 Å². The number of aromatic nitrogens is 3. The second kappa shape index (κ2) is 6.27. The van der Waals surface area contributed by atoms with Crippen molar-refractivity contribution in [2.24, 2.45) is 0 Å². The summed E-state index contributed by atoms with van der Waals surface area (Å²) in [5.41, 5.74) is 1.04. The molecular weight excluding hydrogens is 352 g/mol. The maximum atomic E-state index is 6.07. The van der Waals surface area contributed by atoms with Crippen LogP contribution in [0.1, 0.15) is 32.2 Å². The normalized spacial score (nSPS) is 11.7. The third-order valence-electron chi connectivity index (χ3n) is 2.92. The van der Waals surface area contributed by atoms with E-state index in [9.17, 15) is 0 Å². The number of benzene rings is 1. The summed E-state index contributed by atoms with van der Waals surface area (Å²) in [6.07, 6.45) is 0. The first-order valence-electron chi connectivity index (χ1n) is 6.49. The van der Waals surface area contributed by atoms with Crippen LogP contribution >= 0.6 is 27.7 Å². The maximum absolute atomic E-state index is 6.07. The van der Waals surface area contributed by atoms with Gasteiger partial charge < -0.3 is 10.6 Å². The number of rotatable bonds is 4. The first-order valence-corrected chi connectivity index (χ1v) is 8.27. The van der Waals surface area contributed by atoms with Gasteiger partial charge in [-0.1, -0.05) is 38.6 Å². The third kappa shape index (κ3) is 3.71. The molecule has 0 saturated carbocycles. The van der Waals surface area contributed by atoms with Crippen LogP contribution in [0.15, 0.2) is 27.8 Å². The average Bonchev–Trinajstić information content (AvgIpc) is 2.77. The second-order valence-corrected chi connectivity index (χ2v) is 7.48. The minimum absolute atomic E-state index is 0.121. The first kappa shape index (κ1) is 16.2. The molecule has 5 nitrogen and oxygen atoms in total. The van der Waals surface area contributed by atoms with Gasteiger partial charge in [-0.3, -0.25) is 0 Å². The zero-order chi connectivity index (χ0) is 15.6. The van der Waals surface area contributed by atoms with E-state index in [1.807, 2.05) is 18.2 Å². The van der Waals surface area contributed by atoms with E-state index in [1.54, 1.807) is 23.5 Å². The van der Waals surface area contributed by atoms with Crippen molar-refractivity contribution in [1.29, 1.82) is 0 Å². The fraction of sp³-hybridized carbons (Fsp3) is 0.429. The molecule has 0 bridgehead atoms. The molecule has 2 N–H and O–H groups in total. The largest absolute Gasteiger partial charge is 0.496 e. The van der Waals surface area contributed by atoms with Crippen LogP contribution in [0.2, 0.25) is 0 Å². The van der Waals surface area contributed by atoms with Gasteiger partial charge >= 0.3 is 0 Å². The Hall–Kier alpha value is -1.21. The number of thioether (sulfide) groups is 1. The summed E-state index contributed by atoms with van der Waals surface area (Å²) in [5, 5.41) is 9.06. The highest BCUT2D eigenvalue weighted by molar-refractivity contribution is 9.10. The molecule has 21 heavy (non-hydrogen) atoms. The lowest BCUT2D eigenvalue weighted by molar-refractivity contribution is 0.412. The fourth-order valence-electron chi connectivity index (χ4n) is 1.83. The van der Waals surface area contributed by atoms with Gasteiger partial charge in [0.1, 0.15) is 5.75 Å². The lowest BCUT2D eigenvalue weighted by Gasteiger charge is -2.16. The fourth-order valence-corrected chi connectivity index (χ4v) is 3.22. The summed E-state index contributed by atoms with van der Waals surface area (Å²) in [6.45, 7) is 6.19. The summed E-state index contributed by atoms with van der Waals surface area (Å²) in [6, 6.07) is 6.00. The van der Waals surface area contributed by atoms with Gasteiger partial charge in [0.2, 0.25) is 5.16 Å². The Bertz CT molecular complexity index is 636. The van der Waals surface area contributed by atoms with E-state index >= 15 is 0 Å². The minimum Gasteiger partial charge on any atom is -0.496 e. The highest BCUT2D eigenvalue weighted by Crippen LogP contribution is 2.29. The van der Waals surface area contributed by atoms with Crippen molar-refractivity contribution >= 4 is 27.7 Å². The number of hydrogen-bond acceptors (Lipinski definition) is 5. The van der Waals surface area contributed by atoms with E-state index in [2.05, 4.69) is 46.9 Å². The van der Waals surface area contributed by atoms with Gasteiger partial charge in [0.15, 0.2) is 5.82 Å². The molecule has 2 aromatic rings. The monoisotopic (exact) mass is 370 g/mol. The topological polar surface area (TPSA) is 66.0 Å². The molecule has 7 heteroatoms. The predicted octanol–water partition coefficient (Wildman–Crippen LogP) is 3.35. The average molecular weight is 371 g/mol. The first-order chi connectivity index (χ1) is 9.82. The Labute approximate surface area is 137 Å². The van der Waals surface area contributed by atoms with E-state index in [1.165, 1.54) is 0 Å². The quantitative estimate of drug-likeness (QED) is 0.660. The Kier molecular flexibility index (Phi) is 4.83. The molecule has 0 aliphatic rings. The molecule has 1 aromatic heterocycles. The maximum Gasteiger partial charge on any atom is 0.210 e. The third-order valence-corrected chi connectivity index (χ3v) is 4.55. The van der Waals surface area contributed by atoms with Crippen LogP contribution in [0.4, 0.5) is 0 Å². The van der Waals surface area contributed by atoms with E-state index in [0.717, 1.165) is 27.4 Å². The van der Waals surface area contributed by atoms with Crippen molar-refractivity contribution in [3.63, 3.8) is 0 Å². The number of methoxy groups -OCH3 is 1. The highest BCUT2D eigenvalue weighted by Gasteiger charge is 2.22. The van der Waals surface area contributed by atoms with Gasteiger partial charge in [0.05, 0.1) is 11.6 Å². The molecular formula is C14H19BrN4OS. The van der Waals surface area contributed by atoms with Crippen LogP contribution in [-0.4, -0.2) is 22.0 Å². The molecule has 114 valence electrons. The lowest BCUT2D eigenvalue weighted by Crippen LogP contribution is -2.24. The molecule has 2 rings (SSSR count). The van der Waals surface area contributed by atoms with E-state index in [0.29, 0.717) is 5.16 Å². The molecule has 0 aliphatic carbocycles. The van der Waals surface area contributed by atoms with Gasteiger partial charge in [-0.15, -0.1) is 10.2 Å².